The summed E-state index contributed by atoms with van der Waals surface area (Å²) < 4.78 is 73.9. The highest BCUT2D eigenvalue weighted by atomic mass is 35.5. The number of benzene rings is 2. The van der Waals surface area contributed by atoms with Gasteiger partial charge >= 0.3 is 6.18 Å². The van der Waals surface area contributed by atoms with Crippen molar-refractivity contribution >= 4 is 39.2 Å². The lowest BCUT2D eigenvalue weighted by molar-refractivity contribution is -0.137. The summed E-state index contributed by atoms with van der Waals surface area (Å²) in [5.74, 6) is -0.0964. The van der Waals surface area contributed by atoms with Gasteiger partial charge in [-0.15, -0.1) is 9.93 Å². The number of rotatable bonds is 7. The lowest BCUT2D eigenvalue weighted by Gasteiger charge is -2.27. The first-order chi connectivity index (χ1) is 17.0. The molecule has 0 bridgehead atoms. The molecule has 0 atom stereocenters. The summed E-state index contributed by atoms with van der Waals surface area (Å²) in [6.45, 7) is 1.05. The highest BCUT2D eigenvalue weighted by molar-refractivity contribution is 7.89. The number of nitrogens with zero attached hydrogens (tertiary/aromatic N) is 3. The fraction of sp³-hybridized carbons (Fsp3) is 0.333. The number of alkyl halides is 3. The maximum atomic E-state index is 14.1. The fourth-order valence-electron chi connectivity index (χ4n) is 3.90. The van der Waals surface area contributed by atoms with E-state index in [9.17, 15) is 21.6 Å². The van der Waals surface area contributed by atoms with E-state index in [-0.39, 0.29) is 44.4 Å². The van der Waals surface area contributed by atoms with E-state index < -0.39 is 21.8 Å². The molecule has 36 heavy (non-hydrogen) atoms. The average molecular weight is 546 g/mol. The minimum atomic E-state index is -4.82. The molecule has 15 heteroatoms. The number of nitrogens with one attached hydrogen (secondary N) is 3. The van der Waals surface area contributed by atoms with Gasteiger partial charge in [-0.25, -0.2) is 18.5 Å². The van der Waals surface area contributed by atoms with Crippen molar-refractivity contribution in [1.29, 1.82) is 0 Å². The van der Waals surface area contributed by atoms with E-state index in [1.807, 2.05) is 0 Å². The molecule has 0 amide bonds. The van der Waals surface area contributed by atoms with E-state index >= 15 is 0 Å². The Morgan fingerprint density at radius 2 is 1.89 bits per heavy atom. The topological polar surface area (TPSA) is 138 Å². The Morgan fingerprint density at radius 3 is 2.50 bits per heavy atom. The van der Waals surface area contributed by atoms with Gasteiger partial charge in [0.2, 0.25) is 11.9 Å². The zero-order chi connectivity index (χ0) is 26.1. The molecule has 3 aromatic rings. The first kappa shape index (κ1) is 26.0. The third-order valence-corrected chi connectivity index (χ3v) is 7.20. The lowest BCUT2D eigenvalue weighted by Crippen LogP contribution is -2.44. The predicted octanol–water partition coefficient (Wildman–Crippen LogP) is 4.16. The van der Waals surface area contributed by atoms with Crippen LogP contribution in [0, 0.1) is 0 Å². The Kier molecular flexibility index (Phi) is 7.31. The van der Waals surface area contributed by atoms with E-state index in [4.69, 9.17) is 22.1 Å². The van der Waals surface area contributed by atoms with Crippen LogP contribution in [0.1, 0.15) is 24.8 Å². The highest BCUT2D eigenvalue weighted by Crippen LogP contribution is 2.44. The van der Waals surface area contributed by atoms with E-state index in [1.54, 1.807) is 5.01 Å². The zero-order valence-electron chi connectivity index (χ0n) is 19.0. The largest absolute Gasteiger partial charge is 0.495 e. The van der Waals surface area contributed by atoms with E-state index in [0.29, 0.717) is 13.1 Å². The second-order valence-electron chi connectivity index (χ2n) is 8.06. The van der Waals surface area contributed by atoms with Crippen LogP contribution < -0.4 is 20.6 Å². The van der Waals surface area contributed by atoms with Crippen LogP contribution in [0.25, 0.3) is 11.1 Å². The molecule has 2 heterocycles. The van der Waals surface area contributed by atoms with Crippen LogP contribution in [0.5, 0.6) is 5.75 Å². The number of nitrogen functional groups attached to an aromatic ring is 1. The number of hydrogen-bond acceptors (Lipinski definition) is 8. The number of aromatic nitrogens is 3. The van der Waals surface area contributed by atoms with Crippen molar-refractivity contribution in [2.75, 3.05) is 31.2 Å². The number of nitrogens with two attached hydrogens (primary N) is 1. The van der Waals surface area contributed by atoms with Crippen molar-refractivity contribution in [2.45, 2.75) is 30.3 Å². The molecular weight excluding hydrogens is 523 g/mol. The van der Waals surface area contributed by atoms with E-state index in [2.05, 4.69) is 25.3 Å². The van der Waals surface area contributed by atoms with Crippen LogP contribution in [-0.4, -0.2) is 48.8 Å². The minimum Gasteiger partial charge on any atom is -0.495 e. The number of anilines is 3. The van der Waals surface area contributed by atoms with Crippen molar-refractivity contribution in [3.63, 3.8) is 0 Å². The van der Waals surface area contributed by atoms with Crippen molar-refractivity contribution in [2.24, 2.45) is 0 Å². The second kappa shape index (κ2) is 10.1. The summed E-state index contributed by atoms with van der Waals surface area (Å²) in [6, 6.07) is 5.81. The molecular formula is C21H23ClF3N7O3S. The van der Waals surface area contributed by atoms with E-state index in [1.165, 1.54) is 25.3 Å². The molecule has 194 valence electrons. The molecule has 0 aliphatic carbocycles. The van der Waals surface area contributed by atoms with Crippen LogP contribution in [0.3, 0.4) is 0 Å². The quantitative estimate of drug-likeness (QED) is 0.347. The summed E-state index contributed by atoms with van der Waals surface area (Å²) in [6.07, 6.45) is -2.18. The second-order valence-corrected chi connectivity index (χ2v) is 10.1. The average Bonchev–Trinajstić information content (AvgIpc) is 3.22. The molecule has 0 spiro atoms. The van der Waals surface area contributed by atoms with Gasteiger partial charge in [-0.1, -0.05) is 24.1 Å². The third-order valence-electron chi connectivity index (χ3n) is 5.50. The third kappa shape index (κ3) is 5.67. The summed E-state index contributed by atoms with van der Waals surface area (Å²) in [4.78, 5) is 5.98. The molecule has 1 aromatic heterocycles. The molecule has 2 aromatic carbocycles. The summed E-state index contributed by atoms with van der Waals surface area (Å²) >= 11 is 6.32. The van der Waals surface area contributed by atoms with Gasteiger partial charge in [0.15, 0.2) is 0 Å². The highest BCUT2D eigenvalue weighted by Gasteiger charge is 2.36. The number of hydrazine groups is 1. The number of hydrogen-bond donors (Lipinski definition) is 4. The number of sulfonamides is 1. The van der Waals surface area contributed by atoms with Gasteiger partial charge in [-0.05, 0) is 42.7 Å². The van der Waals surface area contributed by atoms with Gasteiger partial charge < -0.3 is 15.8 Å². The number of methoxy groups -OCH3 is 1. The van der Waals surface area contributed by atoms with Gasteiger partial charge in [0.25, 0.3) is 10.0 Å². The van der Waals surface area contributed by atoms with Crippen LogP contribution >= 0.6 is 11.6 Å². The Bertz CT molecular complexity index is 1360. The number of ether oxygens (including phenoxy) is 1. The molecule has 0 radical (unpaired) electrons. The Labute approximate surface area is 210 Å². The van der Waals surface area contributed by atoms with Crippen LogP contribution in [-0.2, 0) is 16.2 Å². The molecule has 1 saturated heterocycles. The van der Waals surface area contributed by atoms with Crippen LogP contribution in [0.2, 0.25) is 5.02 Å². The smallest absolute Gasteiger partial charge is 0.417 e. The molecule has 5 N–H and O–H groups in total. The predicted molar refractivity (Wildman–Crippen MR) is 128 cm³/mol. The van der Waals surface area contributed by atoms with Gasteiger partial charge in [-0.2, -0.15) is 18.2 Å². The zero-order valence-corrected chi connectivity index (χ0v) is 20.6. The van der Waals surface area contributed by atoms with Crippen LogP contribution in [0.4, 0.5) is 30.8 Å². The first-order valence-corrected chi connectivity index (χ1v) is 12.7. The number of aromatic amines is 1. The van der Waals surface area contributed by atoms with Gasteiger partial charge in [0.05, 0.1) is 17.7 Å². The molecule has 0 unspecified atom stereocenters. The number of halogens is 4. The minimum absolute atomic E-state index is 0.0200. The molecule has 1 fully saturated rings. The fourth-order valence-corrected chi connectivity index (χ4v) is 5.55. The first-order valence-electron chi connectivity index (χ1n) is 10.8. The molecule has 1 aliphatic heterocycles. The SMILES string of the molecule is COc1ccc(-c2c(Cl)cc(Nc3n[nH]c(N)n3)cc2C(F)(F)F)cc1S(=O)(=O)NN1CCCCC1. The normalized spacial score (nSPS) is 15.1. The van der Waals surface area contributed by atoms with Gasteiger partial charge in [-0.3, -0.25) is 0 Å². The maximum absolute atomic E-state index is 14.1. The number of piperidine rings is 1. The molecule has 0 saturated carbocycles. The molecule has 1 aliphatic rings. The lowest BCUT2D eigenvalue weighted by atomic mass is 9.98. The summed E-state index contributed by atoms with van der Waals surface area (Å²) in [5.41, 5.74) is 3.88. The standard InChI is InChI=1S/C21H23ClF3N7O3S/c1-35-16-6-5-12(9-17(16)36(33,34)31-32-7-3-2-4-8-32)18-14(21(23,24)25)10-13(11-15(18)22)27-20-28-19(26)29-30-20/h5-6,9-11,31H,2-4,7-8H2,1H3,(H4,26,27,28,29,30). The van der Waals surface area contributed by atoms with Crippen molar-refractivity contribution in [1.82, 2.24) is 25.0 Å². The Morgan fingerprint density at radius 1 is 1.17 bits per heavy atom. The van der Waals surface area contributed by atoms with Crippen molar-refractivity contribution in [3.8, 4) is 16.9 Å². The van der Waals surface area contributed by atoms with Crippen LogP contribution in [0.15, 0.2) is 35.2 Å². The van der Waals surface area contributed by atoms with Gasteiger partial charge in [0.1, 0.15) is 10.6 Å². The Hall–Kier alpha value is -3.07. The summed E-state index contributed by atoms with van der Waals surface area (Å²) in [5, 5.41) is 10.00. The van der Waals surface area contributed by atoms with E-state index in [0.717, 1.165) is 31.4 Å². The summed E-state index contributed by atoms with van der Waals surface area (Å²) in [7, 11) is -2.88. The van der Waals surface area contributed by atoms with Gasteiger partial charge in [0, 0.05) is 24.3 Å². The maximum Gasteiger partial charge on any atom is 0.417 e. The molecule has 10 nitrogen and oxygen atoms in total. The monoisotopic (exact) mass is 545 g/mol. The van der Waals surface area contributed by atoms with Crippen molar-refractivity contribution < 1.29 is 26.3 Å². The Balaban J connectivity index is 1.78. The number of H-pyrrole nitrogens is 1. The molecule has 4 rings (SSSR count). The van der Waals surface area contributed by atoms with Crippen molar-refractivity contribution in [3.05, 3.63) is 40.9 Å².